The van der Waals surface area contributed by atoms with Gasteiger partial charge in [0, 0.05) is 0 Å². The molecule has 7 heteroatoms. The van der Waals surface area contributed by atoms with Crippen LogP contribution in [0.15, 0.2) is 69.9 Å². The van der Waals surface area contributed by atoms with E-state index in [0.717, 1.165) is 0 Å². The summed E-state index contributed by atoms with van der Waals surface area (Å²) in [6.07, 6.45) is 2.86. The number of hydrogen-bond acceptors (Lipinski definition) is 5. The van der Waals surface area contributed by atoms with Gasteiger partial charge in [0.1, 0.15) is 5.82 Å². The van der Waals surface area contributed by atoms with E-state index >= 15 is 0 Å². The molecule has 0 aliphatic carbocycles. The second-order valence-corrected chi connectivity index (χ2v) is 5.75. The summed E-state index contributed by atoms with van der Waals surface area (Å²) in [7, 11) is 0. The van der Waals surface area contributed by atoms with Crippen LogP contribution in [-0.4, -0.2) is 21.4 Å². The summed E-state index contributed by atoms with van der Waals surface area (Å²) in [6, 6.07) is 13.2. The molecule has 1 N–H and O–H groups in total. The number of para-hydroxylation sites is 2. The molecule has 0 fully saturated rings. The minimum Gasteiger partial charge on any atom is -0.459 e. The average molecular weight is 349 g/mol. The summed E-state index contributed by atoms with van der Waals surface area (Å²) in [4.78, 5) is 29.7. The van der Waals surface area contributed by atoms with E-state index in [2.05, 4.69) is 10.3 Å². The summed E-state index contributed by atoms with van der Waals surface area (Å²) >= 11 is 0. The highest BCUT2D eigenvalue weighted by molar-refractivity contribution is 6.00. The topological polar surface area (TPSA) is 90.3 Å². The number of nitrogens with zero attached hydrogens (tertiary/aromatic N) is 2. The minimum atomic E-state index is -0.529. The molecule has 4 rings (SSSR count). The van der Waals surface area contributed by atoms with E-state index in [9.17, 15) is 9.59 Å². The maximum Gasteiger partial charge on any atom is 0.299 e. The first-order valence-corrected chi connectivity index (χ1v) is 8.05. The fraction of sp³-hybridized carbons (Fsp3) is 0.105. The van der Waals surface area contributed by atoms with Crippen LogP contribution in [0.25, 0.3) is 11.0 Å². The predicted octanol–water partition coefficient (Wildman–Crippen LogP) is 3.40. The minimum absolute atomic E-state index is 0.192. The SMILES string of the molecule is C[C@@H](NC(=O)c1ccco1)c1nc2ccccc2n1C(=O)c1ccco1. The van der Waals surface area contributed by atoms with E-state index in [4.69, 9.17) is 8.83 Å². The van der Waals surface area contributed by atoms with Gasteiger partial charge in [0.05, 0.1) is 29.6 Å². The number of carbonyl (C=O) groups is 2. The molecule has 0 saturated heterocycles. The molecular weight excluding hydrogens is 334 g/mol. The van der Waals surface area contributed by atoms with Crippen molar-refractivity contribution in [3.05, 3.63) is 78.4 Å². The van der Waals surface area contributed by atoms with Gasteiger partial charge in [-0.2, -0.15) is 0 Å². The molecule has 1 amide bonds. The van der Waals surface area contributed by atoms with Crippen LogP contribution in [0.2, 0.25) is 0 Å². The molecule has 3 aromatic heterocycles. The second-order valence-electron chi connectivity index (χ2n) is 5.75. The van der Waals surface area contributed by atoms with Crippen molar-refractivity contribution in [2.24, 2.45) is 0 Å². The van der Waals surface area contributed by atoms with Crippen LogP contribution in [0.4, 0.5) is 0 Å². The van der Waals surface area contributed by atoms with Crippen molar-refractivity contribution in [1.29, 1.82) is 0 Å². The molecule has 0 bridgehead atoms. The lowest BCUT2D eigenvalue weighted by Crippen LogP contribution is -2.29. The van der Waals surface area contributed by atoms with Gasteiger partial charge in [-0.15, -0.1) is 0 Å². The monoisotopic (exact) mass is 349 g/mol. The zero-order valence-corrected chi connectivity index (χ0v) is 13.9. The van der Waals surface area contributed by atoms with Gasteiger partial charge in [-0.1, -0.05) is 12.1 Å². The van der Waals surface area contributed by atoms with Gasteiger partial charge in [-0.05, 0) is 43.3 Å². The summed E-state index contributed by atoms with van der Waals surface area (Å²) in [5, 5.41) is 2.80. The Bertz CT molecular complexity index is 1060. The number of benzene rings is 1. The number of amides is 1. The van der Waals surface area contributed by atoms with E-state index in [0.29, 0.717) is 16.9 Å². The lowest BCUT2D eigenvalue weighted by molar-refractivity contribution is 0.0893. The number of carbonyl (C=O) groups excluding carboxylic acids is 2. The van der Waals surface area contributed by atoms with Crippen LogP contribution in [-0.2, 0) is 0 Å². The van der Waals surface area contributed by atoms with Gasteiger partial charge in [-0.3, -0.25) is 14.2 Å². The summed E-state index contributed by atoms with van der Waals surface area (Å²) in [5.74, 6) is 0.0627. The Kier molecular flexibility index (Phi) is 3.89. The Morgan fingerprint density at radius 3 is 2.38 bits per heavy atom. The molecule has 1 aromatic carbocycles. The van der Waals surface area contributed by atoms with E-state index in [1.807, 2.05) is 18.2 Å². The quantitative estimate of drug-likeness (QED) is 0.610. The van der Waals surface area contributed by atoms with Gasteiger partial charge >= 0.3 is 0 Å². The molecule has 4 aromatic rings. The Morgan fingerprint density at radius 2 is 1.69 bits per heavy atom. The third kappa shape index (κ3) is 2.69. The van der Waals surface area contributed by atoms with Crippen molar-refractivity contribution in [3.8, 4) is 0 Å². The molecule has 1 atom stereocenters. The van der Waals surface area contributed by atoms with Crippen molar-refractivity contribution >= 4 is 22.8 Å². The molecule has 0 aliphatic rings. The zero-order chi connectivity index (χ0) is 18.1. The van der Waals surface area contributed by atoms with Gasteiger partial charge in [0.25, 0.3) is 11.8 Å². The molecule has 130 valence electrons. The predicted molar refractivity (Wildman–Crippen MR) is 92.8 cm³/mol. The van der Waals surface area contributed by atoms with Gasteiger partial charge in [-0.25, -0.2) is 4.98 Å². The van der Waals surface area contributed by atoms with Crippen LogP contribution in [0.1, 0.15) is 39.9 Å². The smallest absolute Gasteiger partial charge is 0.299 e. The lowest BCUT2D eigenvalue weighted by atomic mass is 10.2. The molecule has 3 heterocycles. The van der Waals surface area contributed by atoms with Crippen LogP contribution < -0.4 is 5.32 Å². The number of hydrogen-bond donors (Lipinski definition) is 1. The van der Waals surface area contributed by atoms with E-state index in [-0.39, 0.29) is 23.3 Å². The van der Waals surface area contributed by atoms with Crippen LogP contribution in [0.3, 0.4) is 0 Å². The third-order valence-electron chi connectivity index (χ3n) is 4.00. The van der Waals surface area contributed by atoms with E-state index in [1.54, 1.807) is 37.3 Å². The Balaban J connectivity index is 1.75. The second kappa shape index (κ2) is 6.36. The molecule has 0 aliphatic heterocycles. The van der Waals surface area contributed by atoms with Gasteiger partial charge in [0.15, 0.2) is 11.5 Å². The molecule has 26 heavy (non-hydrogen) atoms. The van der Waals surface area contributed by atoms with Gasteiger partial charge < -0.3 is 14.2 Å². The highest BCUT2D eigenvalue weighted by Gasteiger charge is 2.25. The van der Waals surface area contributed by atoms with Crippen molar-refractivity contribution in [2.45, 2.75) is 13.0 Å². The normalized spacial score (nSPS) is 12.2. The maximum atomic E-state index is 12.9. The first kappa shape index (κ1) is 15.9. The number of rotatable bonds is 4. The van der Waals surface area contributed by atoms with Crippen LogP contribution >= 0.6 is 0 Å². The van der Waals surface area contributed by atoms with Crippen molar-refractivity contribution in [1.82, 2.24) is 14.9 Å². The Hall–Kier alpha value is -3.61. The van der Waals surface area contributed by atoms with Crippen LogP contribution in [0.5, 0.6) is 0 Å². The number of fused-ring (bicyclic) bond motifs is 1. The summed E-state index contributed by atoms with van der Waals surface area (Å²) in [6.45, 7) is 1.76. The van der Waals surface area contributed by atoms with E-state index in [1.165, 1.54) is 17.1 Å². The standard InChI is InChI=1S/C19H15N3O4/c1-12(20-18(23)15-8-4-10-25-15)17-21-13-6-2-3-7-14(13)22(17)19(24)16-9-5-11-26-16/h2-12H,1H3,(H,20,23)/t12-/m1/s1. The first-order valence-electron chi connectivity index (χ1n) is 8.05. The van der Waals surface area contributed by atoms with Crippen molar-refractivity contribution in [3.63, 3.8) is 0 Å². The first-order chi connectivity index (χ1) is 12.6. The number of imidazole rings is 1. The molecule has 0 spiro atoms. The van der Waals surface area contributed by atoms with Gasteiger partial charge in [0.2, 0.25) is 0 Å². The zero-order valence-electron chi connectivity index (χ0n) is 13.9. The molecule has 7 nitrogen and oxygen atoms in total. The Morgan fingerprint density at radius 1 is 1.00 bits per heavy atom. The van der Waals surface area contributed by atoms with Crippen LogP contribution in [0, 0.1) is 0 Å². The Labute approximate surface area is 148 Å². The molecule has 0 unspecified atom stereocenters. The highest BCUT2D eigenvalue weighted by atomic mass is 16.3. The maximum absolute atomic E-state index is 12.9. The van der Waals surface area contributed by atoms with E-state index < -0.39 is 6.04 Å². The lowest BCUT2D eigenvalue weighted by Gasteiger charge is -2.14. The average Bonchev–Trinajstić information content (AvgIpc) is 3.41. The fourth-order valence-electron chi connectivity index (χ4n) is 2.80. The fourth-order valence-corrected chi connectivity index (χ4v) is 2.80. The van der Waals surface area contributed by atoms with Crippen molar-refractivity contribution in [2.75, 3.05) is 0 Å². The van der Waals surface area contributed by atoms with Crippen molar-refractivity contribution < 1.29 is 18.4 Å². The summed E-state index contributed by atoms with van der Waals surface area (Å²) < 4.78 is 11.8. The molecule has 0 saturated carbocycles. The molecular formula is C19H15N3O4. The molecule has 0 radical (unpaired) electrons. The number of aromatic nitrogens is 2. The largest absolute Gasteiger partial charge is 0.459 e. The summed E-state index contributed by atoms with van der Waals surface area (Å²) in [5.41, 5.74) is 1.30. The number of furan rings is 2. The highest BCUT2D eigenvalue weighted by Crippen LogP contribution is 2.23. The number of nitrogens with one attached hydrogen (secondary N) is 1. The third-order valence-corrected chi connectivity index (χ3v) is 4.00.